The first-order valence-electron chi connectivity index (χ1n) is 3.97. The molecule has 0 bridgehead atoms. The van der Waals surface area contributed by atoms with Crippen LogP contribution in [0.5, 0.6) is 0 Å². The molecular formula is C8H18O3. The maximum atomic E-state index is 8.79. The molecule has 0 heterocycles. The molecule has 68 valence electrons. The Morgan fingerprint density at radius 1 is 1.18 bits per heavy atom. The molecule has 0 radical (unpaired) electrons. The van der Waals surface area contributed by atoms with E-state index >= 15 is 0 Å². The van der Waals surface area contributed by atoms with Gasteiger partial charge in [-0.05, 0) is 19.8 Å². The largest absolute Gasteiger partial charge is 0.368 e. The van der Waals surface area contributed by atoms with Crippen LogP contribution in [0.3, 0.4) is 0 Å². The quantitative estimate of drug-likeness (QED) is 0.620. The Kier molecular flexibility index (Phi) is 5.46. The van der Waals surface area contributed by atoms with E-state index in [4.69, 9.17) is 14.6 Å². The van der Waals surface area contributed by atoms with E-state index in [1.54, 1.807) is 13.8 Å². The Morgan fingerprint density at radius 2 is 1.73 bits per heavy atom. The van der Waals surface area contributed by atoms with Gasteiger partial charge in [0.1, 0.15) is 0 Å². The van der Waals surface area contributed by atoms with Crippen molar-refractivity contribution in [2.24, 2.45) is 5.92 Å². The van der Waals surface area contributed by atoms with Crippen molar-refractivity contribution in [2.45, 2.75) is 40.3 Å². The van der Waals surface area contributed by atoms with Gasteiger partial charge in [-0.1, -0.05) is 13.8 Å². The summed E-state index contributed by atoms with van der Waals surface area (Å²) in [5.41, 5.74) is 0. The first-order valence-corrected chi connectivity index (χ1v) is 3.97. The van der Waals surface area contributed by atoms with Crippen LogP contribution in [0.4, 0.5) is 0 Å². The third kappa shape index (κ3) is 7.78. The van der Waals surface area contributed by atoms with Gasteiger partial charge in [-0.2, -0.15) is 0 Å². The average molecular weight is 162 g/mol. The lowest BCUT2D eigenvalue weighted by Crippen LogP contribution is -2.21. The molecule has 3 heteroatoms. The van der Waals surface area contributed by atoms with Crippen LogP contribution in [-0.2, 0) is 9.47 Å². The number of rotatable bonds is 5. The zero-order valence-corrected chi connectivity index (χ0v) is 7.70. The van der Waals surface area contributed by atoms with Gasteiger partial charge in [-0.25, -0.2) is 0 Å². The van der Waals surface area contributed by atoms with Crippen molar-refractivity contribution in [3.05, 3.63) is 0 Å². The first-order chi connectivity index (χ1) is 5.02. The third-order valence-electron chi connectivity index (χ3n) is 1.05. The average Bonchev–Trinajstić information content (AvgIpc) is 1.82. The van der Waals surface area contributed by atoms with Crippen molar-refractivity contribution in [1.82, 2.24) is 0 Å². The SMILES string of the molecule is CC(C)COC(C)OC(C)O. The highest BCUT2D eigenvalue weighted by Crippen LogP contribution is 2.00. The summed E-state index contributed by atoms with van der Waals surface area (Å²) in [7, 11) is 0. The monoisotopic (exact) mass is 162 g/mol. The van der Waals surface area contributed by atoms with Crippen LogP contribution in [-0.4, -0.2) is 24.3 Å². The second-order valence-electron chi connectivity index (χ2n) is 3.03. The Hall–Kier alpha value is -0.120. The topological polar surface area (TPSA) is 38.7 Å². The Bertz CT molecular complexity index is 91.3. The summed E-state index contributed by atoms with van der Waals surface area (Å²) < 4.78 is 10.2. The second kappa shape index (κ2) is 5.52. The molecule has 3 nitrogen and oxygen atoms in total. The minimum atomic E-state index is -0.753. The van der Waals surface area contributed by atoms with Gasteiger partial charge in [0.15, 0.2) is 12.6 Å². The van der Waals surface area contributed by atoms with Crippen LogP contribution >= 0.6 is 0 Å². The maximum Gasteiger partial charge on any atom is 0.157 e. The predicted molar refractivity (Wildman–Crippen MR) is 43.0 cm³/mol. The number of aliphatic hydroxyl groups is 1. The van der Waals surface area contributed by atoms with Gasteiger partial charge in [0, 0.05) is 0 Å². The lowest BCUT2D eigenvalue weighted by molar-refractivity contribution is -0.216. The van der Waals surface area contributed by atoms with Crippen molar-refractivity contribution >= 4 is 0 Å². The molecule has 0 saturated heterocycles. The zero-order valence-electron chi connectivity index (χ0n) is 7.70. The standard InChI is InChI=1S/C8H18O3/c1-6(2)5-10-8(4)11-7(3)9/h6-9H,5H2,1-4H3. The molecule has 0 aromatic carbocycles. The van der Waals surface area contributed by atoms with E-state index in [0.717, 1.165) is 0 Å². The van der Waals surface area contributed by atoms with Crippen LogP contribution in [0.25, 0.3) is 0 Å². The van der Waals surface area contributed by atoms with Gasteiger partial charge in [-0.15, -0.1) is 0 Å². The molecule has 0 amide bonds. The Morgan fingerprint density at radius 3 is 2.09 bits per heavy atom. The maximum absolute atomic E-state index is 8.79. The molecule has 11 heavy (non-hydrogen) atoms. The van der Waals surface area contributed by atoms with E-state index in [1.165, 1.54) is 0 Å². The summed E-state index contributed by atoms with van der Waals surface area (Å²) >= 11 is 0. The fraction of sp³-hybridized carbons (Fsp3) is 1.00. The summed E-state index contributed by atoms with van der Waals surface area (Å²) in [6, 6.07) is 0. The molecule has 0 rings (SSSR count). The molecule has 0 aromatic rings. The Labute approximate surface area is 68.3 Å². The van der Waals surface area contributed by atoms with Crippen LogP contribution in [0.2, 0.25) is 0 Å². The molecule has 0 aliphatic rings. The summed E-state index contributed by atoms with van der Waals surface area (Å²) in [5.74, 6) is 0.495. The predicted octanol–water partition coefficient (Wildman–Crippen LogP) is 1.36. The van der Waals surface area contributed by atoms with Crippen molar-refractivity contribution in [2.75, 3.05) is 6.61 Å². The fourth-order valence-electron chi connectivity index (χ4n) is 0.645. The summed E-state index contributed by atoms with van der Waals surface area (Å²) in [5, 5.41) is 8.79. The first kappa shape index (κ1) is 10.9. The van der Waals surface area contributed by atoms with Gasteiger partial charge < -0.3 is 14.6 Å². The van der Waals surface area contributed by atoms with Crippen LogP contribution in [0.15, 0.2) is 0 Å². The van der Waals surface area contributed by atoms with Crippen LogP contribution in [0.1, 0.15) is 27.7 Å². The van der Waals surface area contributed by atoms with E-state index in [9.17, 15) is 0 Å². The van der Waals surface area contributed by atoms with Crippen molar-refractivity contribution in [1.29, 1.82) is 0 Å². The molecule has 2 atom stereocenters. The second-order valence-corrected chi connectivity index (χ2v) is 3.03. The van der Waals surface area contributed by atoms with E-state index < -0.39 is 6.29 Å². The normalized spacial score (nSPS) is 16.9. The molecule has 0 aliphatic heterocycles. The third-order valence-corrected chi connectivity index (χ3v) is 1.05. The van der Waals surface area contributed by atoms with Crippen molar-refractivity contribution in [3.8, 4) is 0 Å². The van der Waals surface area contributed by atoms with E-state index in [2.05, 4.69) is 13.8 Å². The highest BCUT2D eigenvalue weighted by atomic mass is 16.7. The summed E-state index contributed by atoms with van der Waals surface area (Å²) in [6.07, 6.45) is -1.07. The fourth-order valence-corrected chi connectivity index (χ4v) is 0.645. The minimum absolute atomic E-state index is 0.322. The van der Waals surface area contributed by atoms with Gasteiger partial charge in [0.2, 0.25) is 0 Å². The number of hydrogen-bond donors (Lipinski definition) is 1. The van der Waals surface area contributed by atoms with Gasteiger partial charge in [0.25, 0.3) is 0 Å². The minimum Gasteiger partial charge on any atom is -0.368 e. The summed E-state index contributed by atoms with van der Waals surface area (Å²) in [4.78, 5) is 0. The highest BCUT2D eigenvalue weighted by Gasteiger charge is 2.05. The lowest BCUT2D eigenvalue weighted by Gasteiger charge is -2.16. The van der Waals surface area contributed by atoms with E-state index in [1.807, 2.05) is 0 Å². The lowest BCUT2D eigenvalue weighted by atomic mass is 10.2. The zero-order chi connectivity index (χ0) is 8.85. The molecule has 0 spiro atoms. The Balaban J connectivity index is 3.29. The molecule has 1 N–H and O–H groups in total. The smallest absolute Gasteiger partial charge is 0.157 e. The molecule has 0 aliphatic carbocycles. The molecule has 2 unspecified atom stereocenters. The molecule has 0 aromatic heterocycles. The summed E-state index contributed by atoms with van der Waals surface area (Å²) in [6.45, 7) is 8.13. The van der Waals surface area contributed by atoms with Crippen LogP contribution < -0.4 is 0 Å². The van der Waals surface area contributed by atoms with Gasteiger partial charge in [-0.3, -0.25) is 0 Å². The number of aliphatic hydroxyl groups excluding tert-OH is 1. The number of hydrogen-bond acceptors (Lipinski definition) is 3. The van der Waals surface area contributed by atoms with E-state index in [-0.39, 0.29) is 6.29 Å². The highest BCUT2D eigenvalue weighted by molar-refractivity contribution is 4.40. The molecule has 0 saturated carbocycles. The van der Waals surface area contributed by atoms with E-state index in [0.29, 0.717) is 12.5 Å². The molecule has 0 fully saturated rings. The van der Waals surface area contributed by atoms with Gasteiger partial charge >= 0.3 is 0 Å². The molecular weight excluding hydrogens is 144 g/mol. The van der Waals surface area contributed by atoms with Crippen LogP contribution in [0, 0.1) is 5.92 Å². The van der Waals surface area contributed by atoms with Gasteiger partial charge in [0.05, 0.1) is 6.61 Å². The number of ether oxygens (including phenoxy) is 2. The van der Waals surface area contributed by atoms with Crippen molar-refractivity contribution in [3.63, 3.8) is 0 Å². The van der Waals surface area contributed by atoms with Crippen molar-refractivity contribution < 1.29 is 14.6 Å².